The first-order chi connectivity index (χ1) is 17.4. The van der Waals surface area contributed by atoms with E-state index in [0.29, 0.717) is 60.3 Å². The third-order valence-electron chi connectivity index (χ3n) is 7.46. The molecule has 2 bridgehead atoms. The van der Waals surface area contributed by atoms with Gasteiger partial charge in [0, 0.05) is 24.9 Å². The Labute approximate surface area is 214 Å². The minimum Gasteiger partial charge on any atom is -0.473 e. The molecule has 1 amide bonds. The summed E-state index contributed by atoms with van der Waals surface area (Å²) in [6, 6.07) is 5.14. The maximum atomic E-state index is 12.8. The maximum Gasteiger partial charge on any atom is 0.410 e. The van der Waals surface area contributed by atoms with E-state index < -0.39 is 0 Å². The molecule has 10 heteroatoms. The third kappa shape index (κ3) is 4.67. The van der Waals surface area contributed by atoms with Gasteiger partial charge in [-0.2, -0.15) is 0 Å². The van der Waals surface area contributed by atoms with E-state index in [9.17, 15) is 4.79 Å². The summed E-state index contributed by atoms with van der Waals surface area (Å²) in [4.78, 5) is 27.0. The lowest BCUT2D eigenvalue weighted by atomic mass is 9.84. The van der Waals surface area contributed by atoms with E-state index in [1.54, 1.807) is 18.2 Å². The van der Waals surface area contributed by atoms with Crippen LogP contribution in [0.25, 0.3) is 4.85 Å². The summed E-state index contributed by atoms with van der Waals surface area (Å²) in [7, 11) is 0. The second-order valence-corrected chi connectivity index (χ2v) is 10.9. The smallest absolute Gasteiger partial charge is 0.410 e. The number of piperidine rings is 1. The van der Waals surface area contributed by atoms with Gasteiger partial charge in [0.15, 0.2) is 5.69 Å². The summed E-state index contributed by atoms with van der Waals surface area (Å²) in [6.07, 6.45) is 5.10. The number of rotatable bonds is 6. The summed E-state index contributed by atoms with van der Waals surface area (Å²) >= 11 is 6.41. The van der Waals surface area contributed by atoms with Gasteiger partial charge in [-0.25, -0.2) is 19.6 Å². The number of hydrogen-bond acceptors (Lipinski definition) is 7. The molecule has 2 aliphatic carbocycles. The Morgan fingerprint density at radius 3 is 2.64 bits per heavy atom. The number of halogens is 1. The molecule has 36 heavy (non-hydrogen) atoms. The zero-order valence-corrected chi connectivity index (χ0v) is 20.8. The minimum atomic E-state index is -0.293. The standard InChI is InChI=1S/C26H28ClN5O4/c1-26(7-8-26)36-25(33)32-10-16-12-34-13-17(11-32)22(16)35-24-21(15-3-4-15)23(29-14-30-24)31-20-6-5-18(28-2)9-19(20)27/h5-6,9,14-17,22H,3-4,7-8,10-13H2,1H3,(H,29,30,31). The first-order valence-electron chi connectivity index (χ1n) is 12.4. The summed E-state index contributed by atoms with van der Waals surface area (Å²) in [6.45, 7) is 11.3. The first kappa shape index (κ1) is 23.3. The fraction of sp³-hybridized carbons (Fsp3) is 0.538. The van der Waals surface area contributed by atoms with Gasteiger partial charge in [0.05, 0.1) is 36.1 Å². The van der Waals surface area contributed by atoms with Gasteiger partial charge < -0.3 is 24.4 Å². The normalized spacial score (nSPS) is 26.0. The molecule has 2 aromatic rings. The summed E-state index contributed by atoms with van der Waals surface area (Å²) in [5, 5.41) is 3.79. The Balaban J connectivity index is 1.22. The highest BCUT2D eigenvalue weighted by molar-refractivity contribution is 6.33. The Morgan fingerprint density at radius 2 is 2.00 bits per heavy atom. The number of fused-ring (bicyclic) bond motifs is 2. The Hall–Kier alpha value is -3.09. The van der Waals surface area contributed by atoms with Gasteiger partial charge in [-0.3, -0.25) is 0 Å². The van der Waals surface area contributed by atoms with E-state index in [0.717, 1.165) is 31.2 Å². The summed E-state index contributed by atoms with van der Waals surface area (Å²) in [5.41, 5.74) is 1.82. The molecule has 1 N–H and O–H groups in total. The van der Waals surface area contributed by atoms with Crippen molar-refractivity contribution in [2.75, 3.05) is 31.6 Å². The van der Waals surface area contributed by atoms with Crippen LogP contribution in [-0.2, 0) is 9.47 Å². The van der Waals surface area contributed by atoms with Gasteiger partial charge in [0.1, 0.15) is 23.9 Å². The summed E-state index contributed by atoms with van der Waals surface area (Å²) < 4.78 is 18.2. The van der Waals surface area contributed by atoms with Crippen molar-refractivity contribution in [2.24, 2.45) is 11.8 Å². The molecular formula is C26H28ClN5O4. The zero-order chi connectivity index (χ0) is 24.9. The average Bonchev–Trinajstić information content (AvgIpc) is 3.78. The van der Waals surface area contributed by atoms with Crippen LogP contribution < -0.4 is 10.1 Å². The number of amides is 1. The molecule has 0 radical (unpaired) electrons. The zero-order valence-electron chi connectivity index (χ0n) is 20.1. The molecule has 3 heterocycles. The molecule has 9 nitrogen and oxygen atoms in total. The van der Waals surface area contributed by atoms with Crippen LogP contribution in [0.3, 0.4) is 0 Å². The highest BCUT2D eigenvalue weighted by Crippen LogP contribution is 2.48. The number of carbonyl (C=O) groups is 1. The van der Waals surface area contributed by atoms with E-state index in [-0.39, 0.29) is 29.6 Å². The van der Waals surface area contributed by atoms with Gasteiger partial charge >= 0.3 is 6.09 Å². The lowest BCUT2D eigenvalue weighted by Crippen LogP contribution is -2.59. The van der Waals surface area contributed by atoms with Crippen molar-refractivity contribution < 1.29 is 19.0 Å². The molecule has 1 aromatic heterocycles. The van der Waals surface area contributed by atoms with Crippen LogP contribution in [0.15, 0.2) is 24.5 Å². The molecule has 2 atom stereocenters. The van der Waals surface area contributed by atoms with Crippen LogP contribution in [0.2, 0.25) is 5.02 Å². The molecule has 2 saturated carbocycles. The number of anilines is 2. The number of nitrogens with zero attached hydrogens (tertiary/aromatic N) is 4. The quantitative estimate of drug-likeness (QED) is 0.527. The average molecular weight is 510 g/mol. The number of carbonyl (C=O) groups excluding carboxylic acids is 1. The van der Waals surface area contributed by atoms with Crippen LogP contribution in [-0.4, -0.2) is 59.0 Å². The van der Waals surface area contributed by atoms with Gasteiger partial charge in [0.25, 0.3) is 0 Å². The highest BCUT2D eigenvalue weighted by Gasteiger charge is 2.47. The molecule has 2 saturated heterocycles. The van der Waals surface area contributed by atoms with Crippen molar-refractivity contribution in [3.05, 3.63) is 46.5 Å². The number of hydrogen-bond donors (Lipinski definition) is 1. The molecule has 2 unspecified atom stereocenters. The van der Waals surface area contributed by atoms with Gasteiger partial charge in [-0.15, -0.1) is 0 Å². The van der Waals surface area contributed by atoms with E-state index in [1.807, 2.05) is 11.8 Å². The van der Waals surface area contributed by atoms with Crippen LogP contribution in [0.5, 0.6) is 5.88 Å². The van der Waals surface area contributed by atoms with Gasteiger partial charge in [-0.05, 0) is 50.7 Å². The van der Waals surface area contributed by atoms with Gasteiger partial charge in [0.2, 0.25) is 5.88 Å². The van der Waals surface area contributed by atoms with E-state index in [2.05, 4.69) is 20.1 Å². The van der Waals surface area contributed by atoms with Gasteiger partial charge in [-0.1, -0.05) is 17.7 Å². The van der Waals surface area contributed by atoms with Crippen LogP contribution in [0.4, 0.5) is 22.0 Å². The Morgan fingerprint density at radius 1 is 1.25 bits per heavy atom. The third-order valence-corrected chi connectivity index (χ3v) is 7.78. The highest BCUT2D eigenvalue weighted by atomic mass is 35.5. The lowest BCUT2D eigenvalue weighted by Gasteiger charge is -2.46. The van der Waals surface area contributed by atoms with Crippen molar-refractivity contribution in [3.8, 4) is 5.88 Å². The molecule has 2 aliphatic heterocycles. The molecule has 6 rings (SSSR count). The predicted molar refractivity (Wildman–Crippen MR) is 133 cm³/mol. The van der Waals surface area contributed by atoms with Crippen molar-refractivity contribution in [1.82, 2.24) is 14.9 Å². The molecular weight excluding hydrogens is 482 g/mol. The lowest BCUT2D eigenvalue weighted by molar-refractivity contribution is -0.112. The fourth-order valence-corrected chi connectivity index (χ4v) is 5.26. The first-order valence-corrected chi connectivity index (χ1v) is 12.8. The molecule has 0 spiro atoms. The number of likely N-dealkylation sites (tertiary alicyclic amines) is 1. The van der Waals surface area contributed by atoms with Crippen molar-refractivity contribution in [3.63, 3.8) is 0 Å². The Bertz CT molecular complexity index is 1210. The fourth-order valence-electron chi connectivity index (χ4n) is 5.04. The maximum absolute atomic E-state index is 12.8. The monoisotopic (exact) mass is 509 g/mol. The number of benzene rings is 1. The van der Waals surface area contributed by atoms with E-state index in [1.165, 1.54) is 6.33 Å². The van der Waals surface area contributed by atoms with E-state index in [4.69, 9.17) is 32.4 Å². The van der Waals surface area contributed by atoms with Crippen LogP contribution in [0, 0.1) is 18.4 Å². The SMILES string of the molecule is [C-]#[N+]c1ccc(Nc2ncnc(OC3C4COCC3CN(C(=O)OC3(C)CC3)C4)c2C2CC2)c(Cl)c1. The molecule has 188 valence electrons. The van der Waals surface area contributed by atoms with E-state index >= 15 is 0 Å². The second kappa shape index (κ2) is 9.09. The molecule has 1 aromatic carbocycles. The molecule has 4 fully saturated rings. The van der Waals surface area contributed by atoms with Crippen molar-refractivity contribution in [2.45, 2.75) is 50.2 Å². The van der Waals surface area contributed by atoms with Crippen LogP contribution in [0.1, 0.15) is 44.1 Å². The van der Waals surface area contributed by atoms with Crippen molar-refractivity contribution in [1.29, 1.82) is 0 Å². The second-order valence-electron chi connectivity index (χ2n) is 10.5. The Kier molecular flexibility index (Phi) is 5.89. The largest absolute Gasteiger partial charge is 0.473 e. The topological polar surface area (TPSA) is 90.2 Å². The predicted octanol–water partition coefficient (Wildman–Crippen LogP) is 5.32. The van der Waals surface area contributed by atoms with Crippen molar-refractivity contribution >= 4 is 34.9 Å². The summed E-state index contributed by atoms with van der Waals surface area (Å²) in [5.74, 6) is 1.63. The number of nitrogens with one attached hydrogen (secondary N) is 1. The molecule has 4 aliphatic rings. The number of aromatic nitrogens is 2. The van der Waals surface area contributed by atoms with Crippen LogP contribution >= 0.6 is 11.6 Å². The minimum absolute atomic E-state index is 0.0334. The number of ether oxygens (including phenoxy) is 3.